The lowest BCUT2D eigenvalue weighted by atomic mass is 10.2. The molecule has 2 heterocycles. The molecule has 0 fully saturated rings. The van der Waals surface area contributed by atoms with Gasteiger partial charge in [-0.2, -0.15) is 5.26 Å². The van der Waals surface area contributed by atoms with Crippen molar-refractivity contribution in [3.63, 3.8) is 0 Å². The SMILES string of the molecule is CCCOc1nc(C(=O)CC#N)ccc1Br.CCCOc1nc(C(=O)OC)ccc1Br. The number of carbonyl (C=O) groups excluding carboxylic acids is 2. The molecule has 0 aromatic carbocycles. The van der Waals surface area contributed by atoms with Crippen molar-refractivity contribution in [2.45, 2.75) is 33.1 Å². The number of rotatable bonds is 9. The first kappa shape index (κ1) is 26.5. The highest BCUT2D eigenvalue weighted by Crippen LogP contribution is 2.24. The molecule has 0 saturated carbocycles. The van der Waals surface area contributed by atoms with E-state index < -0.39 is 5.97 Å². The molecule has 0 spiro atoms. The Bertz CT molecular complexity index is 932. The molecular formula is C21H23Br2N3O5. The Labute approximate surface area is 198 Å². The van der Waals surface area contributed by atoms with Crippen LogP contribution in [0.1, 0.15) is 54.1 Å². The summed E-state index contributed by atoms with van der Waals surface area (Å²) in [7, 11) is 1.32. The minimum Gasteiger partial charge on any atom is -0.477 e. The van der Waals surface area contributed by atoms with Gasteiger partial charge in [-0.1, -0.05) is 13.8 Å². The van der Waals surface area contributed by atoms with Crippen molar-refractivity contribution in [3.05, 3.63) is 44.6 Å². The number of hydrogen-bond donors (Lipinski definition) is 0. The van der Waals surface area contributed by atoms with E-state index in [2.05, 4.69) is 46.6 Å². The maximum absolute atomic E-state index is 11.4. The Kier molecular flexibility index (Phi) is 12.4. The molecule has 10 heteroatoms. The average Bonchev–Trinajstić information content (AvgIpc) is 2.78. The van der Waals surface area contributed by atoms with E-state index in [1.54, 1.807) is 30.3 Å². The molecule has 31 heavy (non-hydrogen) atoms. The standard InChI is InChI=1S/C11H11BrN2O2.C10H12BrNO3/c1-2-7-16-11-8(12)3-4-9(14-11)10(15)5-6-13;1-3-6-15-9-7(11)4-5-8(12-9)10(13)14-2/h3-4H,2,5,7H2,1H3;4-5H,3,6H2,1-2H3. The van der Waals surface area contributed by atoms with Gasteiger partial charge in [0.1, 0.15) is 12.1 Å². The van der Waals surface area contributed by atoms with Gasteiger partial charge in [-0.15, -0.1) is 0 Å². The zero-order valence-corrected chi connectivity index (χ0v) is 20.7. The summed E-state index contributed by atoms with van der Waals surface area (Å²) in [4.78, 5) is 30.7. The number of ketones is 1. The van der Waals surface area contributed by atoms with Gasteiger partial charge < -0.3 is 14.2 Å². The number of pyridine rings is 2. The van der Waals surface area contributed by atoms with Crippen LogP contribution in [0.3, 0.4) is 0 Å². The van der Waals surface area contributed by atoms with Crippen molar-refractivity contribution >= 4 is 43.6 Å². The maximum Gasteiger partial charge on any atom is 0.356 e. The minimum absolute atomic E-state index is 0.165. The van der Waals surface area contributed by atoms with Gasteiger partial charge in [0.15, 0.2) is 11.5 Å². The highest BCUT2D eigenvalue weighted by molar-refractivity contribution is 9.10. The first-order chi connectivity index (χ1) is 14.9. The lowest BCUT2D eigenvalue weighted by Gasteiger charge is -2.06. The third kappa shape index (κ3) is 9.02. The summed E-state index contributed by atoms with van der Waals surface area (Å²) in [5, 5.41) is 8.42. The van der Waals surface area contributed by atoms with Crippen LogP contribution in [0.4, 0.5) is 0 Å². The van der Waals surface area contributed by atoms with Crippen molar-refractivity contribution in [3.8, 4) is 17.8 Å². The second-order valence-electron chi connectivity index (χ2n) is 5.91. The molecule has 0 aliphatic heterocycles. The number of aromatic nitrogens is 2. The van der Waals surface area contributed by atoms with E-state index in [0.717, 1.165) is 17.3 Å². The number of nitrogens with zero attached hydrogens (tertiary/aromatic N) is 3. The Hall–Kier alpha value is -2.51. The van der Waals surface area contributed by atoms with Crippen molar-refractivity contribution in [2.75, 3.05) is 20.3 Å². The molecule has 2 aromatic heterocycles. The molecule has 0 saturated heterocycles. The lowest BCUT2D eigenvalue weighted by molar-refractivity contribution is 0.0592. The van der Waals surface area contributed by atoms with E-state index in [0.29, 0.717) is 29.4 Å². The fourth-order valence-corrected chi connectivity index (χ4v) is 2.65. The van der Waals surface area contributed by atoms with Crippen molar-refractivity contribution in [1.82, 2.24) is 9.97 Å². The van der Waals surface area contributed by atoms with Gasteiger partial charge in [0.2, 0.25) is 11.8 Å². The zero-order valence-electron chi connectivity index (χ0n) is 17.5. The summed E-state index contributed by atoms with van der Waals surface area (Å²) < 4.78 is 16.7. The Morgan fingerprint density at radius 1 is 0.935 bits per heavy atom. The summed E-state index contributed by atoms with van der Waals surface area (Å²) in [6, 6.07) is 8.36. The normalized spacial score (nSPS) is 9.68. The summed E-state index contributed by atoms with van der Waals surface area (Å²) in [5.74, 6) is 0.0468. The smallest absolute Gasteiger partial charge is 0.356 e. The van der Waals surface area contributed by atoms with Crippen LogP contribution in [0.5, 0.6) is 11.8 Å². The number of ether oxygens (including phenoxy) is 3. The van der Waals surface area contributed by atoms with Crippen LogP contribution < -0.4 is 9.47 Å². The number of nitriles is 1. The van der Waals surface area contributed by atoms with E-state index >= 15 is 0 Å². The number of esters is 1. The Morgan fingerprint density at radius 2 is 1.42 bits per heavy atom. The summed E-state index contributed by atoms with van der Waals surface area (Å²) in [6.45, 7) is 5.09. The first-order valence-electron chi connectivity index (χ1n) is 9.44. The predicted octanol–water partition coefficient (Wildman–Crippen LogP) is 5.15. The fraction of sp³-hybridized carbons (Fsp3) is 0.381. The number of carbonyl (C=O) groups is 2. The Balaban J connectivity index is 0.000000311. The number of Topliss-reactive ketones (excluding diaryl/α,β-unsaturated/α-hetero) is 1. The molecule has 2 aromatic rings. The molecule has 0 radical (unpaired) electrons. The van der Waals surface area contributed by atoms with E-state index in [4.69, 9.17) is 14.7 Å². The predicted molar refractivity (Wildman–Crippen MR) is 121 cm³/mol. The summed E-state index contributed by atoms with van der Waals surface area (Å²) in [6.07, 6.45) is 1.59. The maximum atomic E-state index is 11.4. The fourth-order valence-electron chi connectivity index (χ4n) is 1.98. The molecule has 0 unspecified atom stereocenters. The first-order valence-corrected chi connectivity index (χ1v) is 11.0. The molecule has 8 nitrogen and oxygen atoms in total. The van der Waals surface area contributed by atoms with Gasteiger partial charge in [-0.25, -0.2) is 14.8 Å². The van der Waals surface area contributed by atoms with Crippen molar-refractivity contribution in [2.24, 2.45) is 0 Å². The van der Waals surface area contributed by atoms with Gasteiger partial charge in [-0.3, -0.25) is 4.79 Å². The van der Waals surface area contributed by atoms with Gasteiger partial charge in [0.25, 0.3) is 0 Å². The van der Waals surface area contributed by atoms with Crippen LogP contribution in [-0.4, -0.2) is 42.0 Å². The highest BCUT2D eigenvalue weighted by atomic mass is 79.9. The van der Waals surface area contributed by atoms with E-state index in [9.17, 15) is 9.59 Å². The van der Waals surface area contributed by atoms with E-state index in [-0.39, 0.29) is 23.6 Å². The van der Waals surface area contributed by atoms with Gasteiger partial charge >= 0.3 is 5.97 Å². The molecule has 0 N–H and O–H groups in total. The monoisotopic (exact) mass is 555 g/mol. The van der Waals surface area contributed by atoms with Gasteiger partial charge in [0, 0.05) is 0 Å². The molecule has 0 aliphatic carbocycles. The topological polar surface area (TPSA) is 111 Å². The van der Waals surface area contributed by atoms with E-state index in [1.807, 2.05) is 13.8 Å². The molecule has 0 amide bonds. The Morgan fingerprint density at radius 3 is 1.87 bits per heavy atom. The van der Waals surface area contributed by atoms with Crippen LogP contribution in [0.15, 0.2) is 33.2 Å². The summed E-state index contributed by atoms with van der Waals surface area (Å²) >= 11 is 6.58. The van der Waals surface area contributed by atoms with Crippen LogP contribution in [0.2, 0.25) is 0 Å². The largest absolute Gasteiger partial charge is 0.477 e. The third-order valence-electron chi connectivity index (χ3n) is 3.43. The molecule has 2 rings (SSSR count). The molecule has 0 bridgehead atoms. The lowest BCUT2D eigenvalue weighted by Crippen LogP contribution is -2.06. The van der Waals surface area contributed by atoms with Crippen molar-refractivity contribution < 1.29 is 23.8 Å². The quantitative estimate of drug-likeness (QED) is 0.308. The highest BCUT2D eigenvalue weighted by Gasteiger charge is 2.12. The van der Waals surface area contributed by atoms with Crippen LogP contribution in [0.25, 0.3) is 0 Å². The molecule has 0 atom stereocenters. The second kappa shape index (κ2) is 14.5. The third-order valence-corrected chi connectivity index (χ3v) is 4.64. The number of hydrogen-bond acceptors (Lipinski definition) is 8. The van der Waals surface area contributed by atoms with Crippen molar-refractivity contribution in [1.29, 1.82) is 5.26 Å². The van der Waals surface area contributed by atoms with E-state index in [1.165, 1.54) is 7.11 Å². The van der Waals surface area contributed by atoms with Crippen LogP contribution >= 0.6 is 31.9 Å². The number of halogens is 2. The average molecular weight is 557 g/mol. The summed E-state index contributed by atoms with van der Waals surface area (Å²) in [5.41, 5.74) is 0.502. The second-order valence-corrected chi connectivity index (χ2v) is 7.62. The number of methoxy groups -OCH3 is 1. The van der Waals surface area contributed by atoms with Crippen LogP contribution in [-0.2, 0) is 4.74 Å². The minimum atomic E-state index is -0.469. The molecule has 0 aliphatic rings. The molecule has 166 valence electrons. The molecular weight excluding hydrogens is 534 g/mol. The van der Waals surface area contributed by atoms with Gasteiger partial charge in [0.05, 0.1) is 35.3 Å². The van der Waals surface area contributed by atoms with Crippen LogP contribution in [0, 0.1) is 11.3 Å². The zero-order chi connectivity index (χ0) is 23.2. The van der Waals surface area contributed by atoms with Gasteiger partial charge in [-0.05, 0) is 69.0 Å².